The molecule has 0 aliphatic carbocycles. The smallest absolute Gasteiger partial charge is 0.246 e. The van der Waals surface area contributed by atoms with Crippen LogP contribution in [0.5, 0.6) is 0 Å². The average molecular weight is 316 g/mol. The van der Waals surface area contributed by atoms with E-state index in [0.29, 0.717) is 26.2 Å². The first-order valence-corrected chi connectivity index (χ1v) is 8.53. The number of piperazine rings is 1. The van der Waals surface area contributed by atoms with E-state index in [0.717, 1.165) is 0 Å². The van der Waals surface area contributed by atoms with Crippen molar-refractivity contribution < 1.29 is 13.2 Å². The quantitative estimate of drug-likeness (QED) is 0.778. The number of hydrogen-bond donors (Lipinski definition) is 0. The van der Waals surface area contributed by atoms with Gasteiger partial charge in [-0.25, -0.2) is 8.42 Å². The fourth-order valence-corrected chi connectivity index (χ4v) is 4.04. The highest BCUT2D eigenvalue weighted by Crippen LogP contribution is 2.21. The second-order valence-corrected chi connectivity index (χ2v) is 7.56. The van der Waals surface area contributed by atoms with Gasteiger partial charge in [-0.1, -0.05) is 0 Å². The molecule has 0 radical (unpaired) electrons. The van der Waals surface area contributed by atoms with Gasteiger partial charge in [0.05, 0.1) is 19.3 Å². The maximum atomic E-state index is 12.7. The lowest BCUT2D eigenvalue weighted by Gasteiger charge is -2.41. The molecule has 21 heavy (non-hydrogen) atoms. The van der Waals surface area contributed by atoms with E-state index in [1.807, 2.05) is 20.9 Å². The van der Waals surface area contributed by atoms with Gasteiger partial charge >= 0.3 is 0 Å². The third-order valence-electron chi connectivity index (χ3n) is 4.10. The highest BCUT2D eigenvalue weighted by Gasteiger charge is 2.34. The fourth-order valence-electron chi connectivity index (χ4n) is 2.49. The summed E-state index contributed by atoms with van der Waals surface area (Å²) in [5.74, 6) is 0. The third-order valence-corrected chi connectivity index (χ3v) is 5.88. The maximum absolute atomic E-state index is 12.7. The van der Waals surface area contributed by atoms with Crippen molar-refractivity contribution in [2.24, 2.45) is 0 Å². The van der Waals surface area contributed by atoms with Gasteiger partial charge in [0.25, 0.3) is 0 Å². The standard InChI is InChI=1S/C13H24N4O3S/c1-11-8-17(9-12(2)15(11)3)21(18,19)13-7-14-16(10-13)5-6-20-4/h7,10-12H,5-6,8-9H2,1-4H3/t11-,12+. The number of nitrogens with zero attached hydrogens (tertiary/aromatic N) is 4. The van der Waals surface area contributed by atoms with Crippen molar-refractivity contribution in [3.8, 4) is 0 Å². The SMILES string of the molecule is COCCn1cc(S(=O)(=O)N2C[C@@H](C)N(C)[C@@H](C)C2)cn1. The minimum absolute atomic E-state index is 0.201. The Labute approximate surface area is 126 Å². The summed E-state index contributed by atoms with van der Waals surface area (Å²) in [6, 6.07) is 0.402. The Morgan fingerprint density at radius 2 is 1.95 bits per heavy atom. The summed E-state index contributed by atoms with van der Waals surface area (Å²) in [4.78, 5) is 2.45. The van der Waals surface area contributed by atoms with Gasteiger partial charge in [0.2, 0.25) is 10.0 Å². The zero-order valence-electron chi connectivity index (χ0n) is 13.1. The molecule has 0 spiro atoms. The normalized spacial score (nSPS) is 25.3. The highest BCUT2D eigenvalue weighted by molar-refractivity contribution is 7.89. The number of sulfonamides is 1. The number of methoxy groups -OCH3 is 1. The molecule has 0 amide bonds. The summed E-state index contributed by atoms with van der Waals surface area (Å²) in [6.07, 6.45) is 2.99. The molecule has 2 heterocycles. The topological polar surface area (TPSA) is 67.7 Å². The lowest BCUT2D eigenvalue weighted by atomic mass is 10.1. The van der Waals surface area contributed by atoms with E-state index in [-0.39, 0.29) is 17.0 Å². The van der Waals surface area contributed by atoms with Gasteiger partial charge < -0.3 is 4.74 Å². The Bertz CT molecular complexity index is 560. The molecular weight excluding hydrogens is 292 g/mol. The number of aromatic nitrogens is 2. The molecule has 0 N–H and O–H groups in total. The maximum Gasteiger partial charge on any atom is 0.246 e. The highest BCUT2D eigenvalue weighted by atomic mass is 32.2. The van der Waals surface area contributed by atoms with Crippen LogP contribution in [0.15, 0.2) is 17.3 Å². The van der Waals surface area contributed by atoms with Gasteiger partial charge in [-0.3, -0.25) is 9.58 Å². The van der Waals surface area contributed by atoms with Crippen LogP contribution in [-0.4, -0.2) is 73.3 Å². The van der Waals surface area contributed by atoms with Crippen molar-refractivity contribution in [2.45, 2.75) is 37.4 Å². The van der Waals surface area contributed by atoms with Crippen LogP contribution in [0.1, 0.15) is 13.8 Å². The van der Waals surface area contributed by atoms with Gasteiger partial charge in [0, 0.05) is 38.5 Å². The van der Waals surface area contributed by atoms with E-state index in [1.54, 1.807) is 22.3 Å². The van der Waals surface area contributed by atoms with Crippen molar-refractivity contribution in [3.63, 3.8) is 0 Å². The molecule has 2 atom stereocenters. The summed E-state index contributed by atoms with van der Waals surface area (Å²) in [6.45, 7) is 6.14. The molecule has 1 aromatic heterocycles. The number of hydrogen-bond acceptors (Lipinski definition) is 5. The second-order valence-electron chi connectivity index (χ2n) is 5.62. The lowest BCUT2D eigenvalue weighted by Crippen LogP contribution is -2.56. The number of ether oxygens (including phenoxy) is 1. The first-order valence-electron chi connectivity index (χ1n) is 7.09. The Balaban J connectivity index is 2.16. The largest absolute Gasteiger partial charge is 0.383 e. The molecule has 120 valence electrons. The Hall–Kier alpha value is -0.960. The molecule has 0 unspecified atom stereocenters. The van der Waals surface area contributed by atoms with Crippen LogP contribution in [0.2, 0.25) is 0 Å². The monoisotopic (exact) mass is 316 g/mol. The Kier molecular flexibility index (Phi) is 5.03. The summed E-state index contributed by atoms with van der Waals surface area (Å²) < 4.78 is 33.5. The molecule has 1 aromatic rings. The molecule has 1 saturated heterocycles. The zero-order chi connectivity index (χ0) is 15.6. The van der Waals surface area contributed by atoms with Crippen molar-refractivity contribution >= 4 is 10.0 Å². The van der Waals surface area contributed by atoms with Crippen LogP contribution in [0.4, 0.5) is 0 Å². The minimum Gasteiger partial charge on any atom is -0.383 e. The summed E-state index contributed by atoms with van der Waals surface area (Å²) in [5.41, 5.74) is 0. The predicted molar refractivity (Wildman–Crippen MR) is 79.5 cm³/mol. The van der Waals surface area contributed by atoms with E-state index >= 15 is 0 Å². The fraction of sp³-hybridized carbons (Fsp3) is 0.769. The predicted octanol–water partition coefficient (Wildman–Crippen LogP) is 0.243. The van der Waals surface area contributed by atoms with Gasteiger partial charge in [-0.15, -0.1) is 0 Å². The van der Waals surface area contributed by atoms with E-state index in [2.05, 4.69) is 10.00 Å². The summed E-state index contributed by atoms with van der Waals surface area (Å²) in [5, 5.41) is 4.09. The van der Waals surface area contributed by atoms with Crippen LogP contribution in [0.3, 0.4) is 0 Å². The zero-order valence-corrected chi connectivity index (χ0v) is 13.9. The minimum atomic E-state index is -3.47. The third kappa shape index (κ3) is 3.45. The molecule has 0 saturated carbocycles. The Morgan fingerprint density at radius 3 is 2.52 bits per heavy atom. The molecular formula is C13H24N4O3S. The first-order chi connectivity index (χ1) is 9.86. The lowest BCUT2D eigenvalue weighted by molar-refractivity contribution is 0.105. The van der Waals surface area contributed by atoms with Gasteiger partial charge in [-0.05, 0) is 20.9 Å². The summed E-state index contributed by atoms with van der Waals surface area (Å²) >= 11 is 0. The second kappa shape index (κ2) is 6.43. The molecule has 2 rings (SSSR count). The van der Waals surface area contributed by atoms with Crippen molar-refractivity contribution in [1.82, 2.24) is 19.0 Å². The molecule has 8 heteroatoms. The van der Waals surface area contributed by atoms with Crippen LogP contribution in [0.25, 0.3) is 0 Å². The first kappa shape index (κ1) is 16.4. The molecule has 1 aliphatic heterocycles. The molecule has 7 nitrogen and oxygen atoms in total. The van der Waals surface area contributed by atoms with E-state index < -0.39 is 10.0 Å². The number of rotatable bonds is 5. The van der Waals surface area contributed by atoms with E-state index in [4.69, 9.17) is 4.74 Å². The van der Waals surface area contributed by atoms with Crippen LogP contribution >= 0.6 is 0 Å². The Morgan fingerprint density at radius 1 is 1.33 bits per heavy atom. The van der Waals surface area contributed by atoms with Crippen LogP contribution in [-0.2, 0) is 21.3 Å². The number of likely N-dealkylation sites (N-methyl/N-ethyl adjacent to an activating group) is 1. The van der Waals surface area contributed by atoms with E-state index in [1.165, 1.54) is 6.20 Å². The molecule has 1 fully saturated rings. The molecule has 0 aromatic carbocycles. The van der Waals surface area contributed by atoms with E-state index in [9.17, 15) is 8.42 Å². The molecule has 0 bridgehead atoms. The van der Waals surface area contributed by atoms with Gasteiger partial charge in [0.15, 0.2) is 0 Å². The summed E-state index contributed by atoms with van der Waals surface area (Å²) in [7, 11) is 0.162. The van der Waals surface area contributed by atoms with Crippen LogP contribution < -0.4 is 0 Å². The van der Waals surface area contributed by atoms with Gasteiger partial charge in [-0.2, -0.15) is 9.40 Å². The van der Waals surface area contributed by atoms with Crippen molar-refractivity contribution in [2.75, 3.05) is 33.9 Å². The van der Waals surface area contributed by atoms with Gasteiger partial charge in [0.1, 0.15) is 4.90 Å². The van der Waals surface area contributed by atoms with Crippen molar-refractivity contribution in [3.05, 3.63) is 12.4 Å². The van der Waals surface area contributed by atoms with Crippen molar-refractivity contribution in [1.29, 1.82) is 0 Å². The van der Waals surface area contributed by atoms with Crippen LogP contribution in [0, 0.1) is 0 Å². The average Bonchev–Trinajstić information content (AvgIpc) is 2.91. The molecule has 1 aliphatic rings.